The van der Waals surface area contributed by atoms with Gasteiger partial charge in [0.15, 0.2) is 0 Å². The van der Waals surface area contributed by atoms with Gasteiger partial charge in [0.1, 0.15) is 0 Å². The number of nitrogens with zero attached hydrogens (tertiary/aromatic N) is 1. The van der Waals surface area contributed by atoms with Crippen LogP contribution in [0, 0.1) is 17.8 Å². The van der Waals surface area contributed by atoms with E-state index in [1.165, 1.54) is 84.0 Å². The second kappa shape index (κ2) is 7.26. The quantitative estimate of drug-likeness (QED) is 0.797. The molecule has 116 valence electrons. The van der Waals surface area contributed by atoms with E-state index in [9.17, 15) is 0 Å². The number of hydrogen-bond donors (Lipinski definition) is 1. The molecule has 3 unspecified atom stereocenters. The Hall–Kier alpha value is -0.0800. The first-order chi connectivity index (χ1) is 9.81. The zero-order chi connectivity index (χ0) is 13.8. The van der Waals surface area contributed by atoms with Gasteiger partial charge >= 0.3 is 0 Å². The Balaban J connectivity index is 1.33. The molecule has 0 spiro atoms. The summed E-state index contributed by atoms with van der Waals surface area (Å²) in [5, 5.41) is 3.90. The van der Waals surface area contributed by atoms with Gasteiger partial charge in [-0.3, -0.25) is 0 Å². The van der Waals surface area contributed by atoms with Gasteiger partial charge in [0.2, 0.25) is 0 Å². The number of piperidine rings is 1. The molecule has 0 aromatic carbocycles. The van der Waals surface area contributed by atoms with Gasteiger partial charge in [-0.25, -0.2) is 0 Å². The monoisotopic (exact) mass is 278 g/mol. The van der Waals surface area contributed by atoms with Crippen molar-refractivity contribution >= 4 is 0 Å². The van der Waals surface area contributed by atoms with Crippen LogP contribution in [0.5, 0.6) is 0 Å². The second-order valence-electron chi connectivity index (χ2n) is 7.84. The number of likely N-dealkylation sites (tertiary alicyclic amines) is 1. The van der Waals surface area contributed by atoms with E-state index in [4.69, 9.17) is 0 Å². The molecule has 3 aliphatic rings. The number of rotatable bonds is 6. The van der Waals surface area contributed by atoms with Gasteiger partial charge in [0.25, 0.3) is 0 Å². The third-order valence-electron chi connectivity index (χ3n) is 5.78. The largest absolute Gasteiger partial charge is 0.314 e. The van der Waals surface area contributed by atoms with E-state index >= 15 is 0 Å². The Bertz CT molecular complexity index is 281. The summed E-state index contributed by atoms with van der Waals surface area (Å²) < 4.78 is 0. The summed E-state index contributed by atoms with van der Waals surface area (Å²) in [5.74, 6) is 3.00. The van der Waals surface area contributed by atoms with Crippen molar-refractivity contribution in [2.24, 2.45) is 17.8 Å². The lowest BCUT2D eigenvalue weighted by Crippen LogP contribution is -2.41. The standard InChI is InChI=1S/C18H34N2/c1-15(14-20-10-3-2-4-11-20)13-19-18-7-5-6-17(12-18)16-8-9-16/h15-19H,2-14H2,1H3. The molecule has 2 aliphatic carbocycles. The lowest BCUT2D eigenvalue weighted by atomic mass is 9.82. The molecular formula is C18H34N2. The molecular weight excluding hydrogens is 244 g/mol. The molecule has 2 heteroatoms. The van der Waals surface area contributed by atoms with Crippen LogP contribution in [0.4, 0.5) is 0 Å². The molecule has 3 fully saturated rings. The number of nitrogens with one attached hydrogen (secondary N) is 1. The van der Waals surface area contributed by atoms with Crippen LogP contribution in [0.25, 0.3) is 0 Å². The summed E-state index contributed by atoms with van der Waals surface area (Å²) in [6.07, 6.45) is 13.3. The predicted molar refractivity (Wildman–Crippen MR) is 85.9 cm³/mol. The molecule has 3 rings (SSSR count). The fourth-order valence-electron chi connectivity index (χ4n) is 4.42. The van der Waals surface area contributed by atoms with Crippen LogP contribution in [0.3, 0.4) is 0 Å². The highest BCUT2D eigenvalue weighted by Crippen LogP contribution is 2.43. The zero-order valence-electron chi connectivity index (χ0n) is 13.4. The lowest BCUT2D eigenvalue weighted by molar-refractivity contribution is 0.191. The Morgan fingerprint density at radius 2 is 1.75 bits per heavy atom. The third-order valence-corrected chi connectivity index (χ3v) is 5.78. The molecule has 0 bridgehead atoms. The van der Waals surface area contributed by atoms with Crippen molar-refractivity contribution in [2.45, 2.75) is 70.8 Å². The average molecular weight is 278 g/mol. The van der Waals surface area contributed by atoms with E-state index in [2.05, 4.69) is 17.1 Å². The minimum Gasteiger partial charge on any atom is -0.314 e. The summed E-state index contributed by atoms with van der Waals surface area (Å²) in [6, 6.07) is 0.832. The maximum Gasteiger partial charge on any atom is 0.00699 e. The van der Waals surface area contributed by atoms with Crippen molar-refractivity contribution in [3.05, 3.63) is 0 Å². The molecule has 0 aromatic rings. The van der Waals surface area contributed by atoms with Crippen molar-refractivity contribution in [1.29, 1.82) is 0 Å². The van der Waals surface area contributed by atoms with E-state index in [1.54, 1.807) is 0 Å². The van der Waals surface area contributed by atoms with Crippen LogP contribution in [0.2, 0.25) is 0 Å². The molecule has 1 heterocycles. The van der Waals surface area contributed by atoms with E-state index in [1.807, 2.05) is 0 Å². The van der Waals surface area contributed by atoms with Crippen LogP contribution >= 0.6 is 0 Å². The molecule has 2 nitrogen and oxygen atoms in total. The zero-order valence-corrected chi connectivity index (χ0v) is 13.4. The van der Waals surface area contributed by atoms with Crippen LogP contribution in [0.1, 0.15) is 64.7 Å². The molecule has 0 aromatic heterocycles. The molecule has 1 saturated heterocycles. The summed E-state index contributed by atoms with van der Waals surface area (Å²) >= 11 is 0. The van der Waals surface area contributed by atoms with E-state index in [0.717, 1.165) is 23.8 Å². The molecule has 3 atom stereocenters. The van der Waals surface area contributed by atoms with Crippen molar-refractivity contribution in [3.63, 3.8) is 0 Å². The van der Waals surface area contributed by atoms with Crippen molar-refractivity contribution in [1.82, 2.24) is 10.2 Å². The SMILES string of the molecule is CC(CNC1CCCC(C2CC2)C1)CN1CCCCC1. The predicted octanol–water partition coefficient (Wildman–Crippen LogP) is 3.67. The smallest absolute Gasteiger partial charge is 0.00699 e. The topological polar surface area (TPSA) is 15.3 Å². The summed E-state index contributed by atoms with van der Waals surface area (Å²) in [4.78, 5) is 2.68. The molecule has 1 N–H and O–H groups in total. The lowest BCUT2D eigenvalue weighted by Gasteiger charge is -2.32. The van der Waals surface area contributed by atoms with Gasteiger partial charge in [-0.15, -0.1) is 0 Å². The maximum atomic E-state index is 3.90. The molecule has 0 amide bonds. The maximum absolute atomic E-state index is 3.90. The Morgan fingerprint density at radius 1 is 0.950 bits per heavy atom. The van der Waals surface area contributed by atoms with Gasteiger partial charge in [-0.05, 0) is 75.9 Å². The fourth-order valence-corrected chi connectivity index (χ4v) is 4.42. The van der Waals surface area contributed by atoms with Gasteiger partial charge in [0.05, 0.1) is 0 Å². The Kier molecular flexibility index (Phi) is 5.39. The third kappa shape index (κ3) is 4.46. The summed E-state index contributed by atoms with van der Waals surface area (Å²) in [6.45, 7) is 7.67. The molecule has 1 aliphatic heterocycles. The molecule has 20 heavy (non-hydrogen) atoms. The highest BCUT2D eigenvalue weighted by molar-refractivity contribution is 4.88. The van der Waals surface area contributed by atoms with Gasteiger partial charge in [0, 0.05) is 12.6 Å². The highest BCUT2D eigenvalue weighted by atomic mass is 15.1. The Morgan fingerprint density at radius 3 is 2.50 bits per heavy atom. The van der Waals surface area contributed by atoms with Gasteiger partial charge in [-0.1, -0.05) is 26.2 Å². The fraction of sp³-hybridized carbons (Fsp3) is 1.00. The van der Waals surface area contributed by atoms with Crippen LogP contribution in [-0.4, -0.2) is 37.1 Å². The first-order valence-corrected chi connectivity index (χ1v) is 9.27. The summed E-state index contributed by atoms with van der Waals surface area (Å²) in [5.41, 5.74) is 0. The van der Waals surface area contributed by atoms with Crippen molar-refractivity contribution in [2.75, 3.05) is 26.2 Å². The van der Waals surface area contributed by atoms with Gasteiger partial charge < -0.3 is 10.2 Å². The summed E-state index contributed by atoms with van der Waals surface area (Å²) in [7, 11) is 0. The van der Waals surface area contributed by atoms with Crippen LogP contribution in [0.15, 0.2) is 0 Å². The van der Waals surface area contributed by atoms with E-state index in [0.29, 0.717) is 0 Å². The van der Waals surface area contributed by atoms with Crippen LogP contribution in [-0.2, 0) is 0 Å². The first kappa shape index (κ1) is 14.8. The molecule has 0 radical (unpaired) electrons. The minimum absolute atomic E-state index is 0.814. The normalized spacial score (nSPS) is 34.0. The first-order valence-electron chi connectivity index (χ1n) is 9.27. The molecule has 2 saturated carbocycles. The number of hydrogen-bond acceptors (Lipinski definition) is 2. The van der Waals surface area contributed by atoms with Crippen molar-refractivity contribution < 1.29 is 0 Å². The highest BCUT2D eigenvalue weighted by Gasteiger charge is 2.34. The van der Waals surface area contributed by atoms with Crippen molar-refractivity contribution in [3.8, 4) is 0 Å². The van der Waals surface area contributed by atoms with E-state index < -0.39 is 0 Å². The second-order valence-corrected chi connectivity index (χ2v) is 7.84. The minimum atomic E-state index is 0.814. The van der Waals surface area contributed by atoms with Crippen LogP contribution < -0.4 is 5.32 Å². The van der Waals surface area contributed by atoms with Gasteiger partial charge in [-0.2, -0.15) is 0 Å². The Labute approximate surface area is 125 Å². The van der Waals surface area contributed by atoms with E-state index in [-0.39, 0.29) is 0 Å². The average Bonchev–Trinajstić information content (AvgIpc) is 3.31.